The first-order valence-corrected chi connectivity index (χ1v) is 7.82. The van der Waals surface area contributed by atoms with Crippen LogP contribution in [0, 0.1) is 0 Å². The molecule has 0 aliphatic heterocycles. The van der Waals surface area contributed by atoms with Crippen molar-refractivity contribution in [2.24, 2.45) is 0 Å². The molecule has 4 heteroatoms. The third-order valence-corrected chi connectivity index (χ3v) is 5.02. The number of rotatable bonds is 4. The zero-order valence-corrected chi connectivity index (χ0v) is 13.4. The summed E-state index contributed by atoms with van der Waals surface area (Å²) in [4.78, 5) is 0. The second-order valence-electron chi connectivity index (χ2n) is 3.82. The number of hydrogen-bond donors (Lipinski definition) is 1. The van der Waals surface area contributed by atoms with Crippen LogP contribution in [-0.4, -0.2) is 7.05 Å². The number of thiophene rings is 1. The Kier molecular flexibility index (Phi) is 4.79. The van der Waals surface area contributed by atoms with Gasteiger partial charge in [-0.3, -0.25) is 0 Å². The third kappa shape index (κ3) is 3.41. The van der Waals surface area contributed by atoms with E-state index in [1.165, 1.54) is 19.4 Å². The number of halogens is 2. The molecule has 0 bridgehead atoms. The highest BCUT2D eigenvalue weighted by Crippen LogP contribution is 2.28. The lowest BCUT2D eigenvalue weighted by Gasteiger charge is -2.15. The predicted molar refractivity (Wildman–Crippen MR) is 81.7 cm³/mol. The zero-order chi connectivity index (χ0) is 12.3. The Bertz CT molecular complexity index is 496. The second kappa shape index (κ2) is 6.14. The fourth-order valence-corrected chi connectivity index (χ4v) is 3.45. The monoisotopic (exact) mass is 373 g/mol. The van der Waals surface area contributed by atoms with Gasteiger partial charge in [-0.15, -0.1) is 11.3 Å². The molecule has 1 N–H and O–H groups in total. The van der Waals surface area contributed by atoms with Crippen LogP contribution in [0.2, 0.25) is 0 Å². The standard InChI is InChI=1S/C13H13Br2NS/c1-16-12(10-7-13(15)17-8-10)6-9-4-2-3-5-11(9)14/h2-5,7-8,12,16H,6H2,1H3. The van der Waals surface area contributed by atoms with E-state index in [-0.39, 0.29) is 0 Å². The van der Waals surface area contributed by atoms with Crippen LogP contribution in [0.15, 0.2) is 44.0 Å². The minimum Gasteiger partial charge on any atom is -0.313 e. The molecule has 0 saturated carbocycles. The van der Waals surface area contributed by atoms with E-state index in [9.17, 15) is 0 Å². The first-order valence-electron chi connectivity index (χ1n) is 5.35. The van der Waals surface area contributed by atoms with Crippen molar-refractivity contribution < 1.29 is 0 Å². The van der Waals surface area contributed by atoms with Crippen LogP contribution in [0.4, 0.5) is 0 Å². The number of benzene rings is 1. The molecular formula is C13H13Br2NS. The highest BCUT2D eigenvalue weighted by molar-refractivity contribution is 9.11. The van der Waals surface area contributed by atoms with Crippen molar-refractivity contribution in [2.75, 3.05) is 7.05 Å². The number of likely N-dealkylation sites (N-methyl/N-ethyl adjacent to an activating group) is 1. The number of hydrogen-bond acceptors (Lipinski definition) is 2. The summed E-state index contributed by atoms with van der Waals surface area (Å²) >= 11 is 8.84. The van der Waals surface area contributed by atoms with Crippen LogP contribution in [0.5, 0.6) is 0 Å². The van der Waals surface area contributed by atoms with Gasteiger partial charge in [-0.2, -0.15) is 0 Å². The average Bonchev–Trinajstić information content (AvgIpc) is 2.75. The van der Waals surface area contributed by atoms with E-state index in [0.717, 1.165) is 6.42 Å². The van der Waals surface area contributed by atoms with E-state index in [2.05, 4.69) is 66.8 Å². The van der Waals surface area contributed by atoms with Crippen LogP contribution in [0.3, 0.4) is 0 Å². The molecule has 2 aromatic rings. The smallest absolute Gasteiger partial charge is 0.0701 e. The SMILES string of the molecule is CNC(Cc1ccccc1Br)c1csc(Br)c1. The average molecular weight is 375 g/mol. The molecule has 2 rings (SSSR count). The highest BCUT2D eigenvalue weighted by atomic mass is 79.9. The van der Waals surface area contributed by atoms with Crippen LogP contribution in [0.1, 0.15) is 17.2 Å². The Labute approximate surface area is 123 Å². The van der Waals surface area contributed by atoms with E-state index in [1.54, 1.807) is 11.3 Å². The predicted octanol–water partition coefficient (Wildman–Crippen LogP) is 4.78. The molecule has 0 saturated heterocycles. The quantitative estimate of drug-likeness (QED) is 0.812. The molecular weight excluding hydrogens is 362 g/mol. The summed E-state index contributed by atoms with van der Waals surface area (Å²) < 4.78 is 2.36. The van der Waals surface area contributed by atoms with Gasteiger partial charge in [0.2, 0.25) is 0 Å². The van der Waals surface area contributed by atoms with E-state index in [1.807, 2.05) is 13.1 Å². The van der Waals surface area contributed by atoms with Crippen LogP contribution >= 0.6 is 43.2 Å². The van der Waals surface area contributed by atoms with E-state index in [4.69, 9.17) is 0 Å². The Hall–Kier alpha value is -0.160. The summed E-state index contributed by atoms with van der Waals surface area (Å²) in [5, 5.41) is 5.57. The molecule has 90 valence electrons. The summed E-state index contributed by atoms with van der Waals surface area (Å²) in [5.41, 5.74) is 2.66. The molecule has 0 spiro atoms. The lowest BCUT2D eigenvalue weighted by atomic mass is 10.0. The second-order valence-corrected chi connectivity index (χ2v) is 6.97. The normalized spacial score (nSPS) is 12.6. The van der Waals surface area contributed by atoms with Crippen molar-refractivity contribution in [1.29, 1.82) is 0 Å². The summed E-state index contributed by atoms with van der Waals surface area (Å²) in [6, 6.07) is 10.9. The lowest BCUT2D eigenvalue weighted by Crippen LogP contribution is -2.18. The van der Waals surface area contributed by atoms with Gasteiger partial charge in [0.25, 0.3) is 0 Å². The third-order valence-electron chi connectivity index (χ3n) is 2.72. The van der Waals surface area contributed by atoms with Crippen molar-refractivity contribution in [3.8, 4) is 0 Å². The van der Waals surface area contributed by atoms with Crippen molar-refractivity contribution in [3.05, 3.63) is 55.1 Å². The van der Waals surface area contributed by atoms with Gasteiger partial charge >= 0.3 is 0 Å². The minimum absolute atomic E-state index is 0.358. The van der Waals surface area contributed by atoms with Crippen LogP contribution in [0.25, 0.3) is 0 Å². The summed E-state index contributed by atoms with van der Waals surface area (Å²) in [7, 11) is 2.01. The van der Waals surface area contributed by atoms with E-state index < -0.39 is 0 Å². The van der Waals surface area contributed by atoms with E-state index >= 15 is 0 Å². The molecule has 1 heterocycles. The Morgan fingerprint density at radius 1 is 1.29 bits per heavy atom. The Balaban J connectivity index is 2.18. The van der Waals surface area contributed by atoms with Crippen molar-refractivity contribution >= 4 is 43.2 Å². The van der Waals surface area contributed by atoms with Gasteiger partial charge in [-0.1, -0.05) is 34.1 Å². The fraction of sp³-hybridized carbons (Fsp3) is 0.231. The minimum atomic E-state index is 0.358. The van der Waals surface area contributed by atoms with Crippen molar-refractivity contribution in [2.45, 2.75) is 12.5 Å². The number of nitrogens with one attached hydrogen (secondary N) is 1. The van der Waals surface area contributed by atoms with Gasteiger partial charge in [0.15, 0.2) is 0 Å². The molecule has 0 amide bonds. The molecule has 1 aromatic heterocycles. The van der Waals surface area contributed by atoms with Crippen LogP contribution in [-0.2, 0) is 6.42 Å². The van der Waals surface area contributed by atoms with Gasteiger partial charge in [0.1, 0.15) is 0 Å². The first-order chi connectivity index (χ1) is 8.20. The maximum absolute atomic E-state index is 3.60. The van der Waals surface area contributed by atoms with Gasteiger partial charge in [-0.05, 0) is 58.0 Å². The van der Waals surface area contributed by atoms with Crippen LogP contribution < -0.4 is 5.32 Å². The topological polar surface area (TPSA) is 12.0 Å². The molecule has 0 fully saturated rings. The molecule has 0 aliphatic carbocycles. The molecule has 1 aromatic carbocycles. The van der Waals surface area contributed by atoms with Gasteiger partial charge in [0, 0.05) is 10.5 Å². The molecule has 1 unspecified atom stereocenters. The summed E-state index contributed by atoms with van der Waals surface area (Å²) in [5.74, 6) is 0. The fourth-order valence-electron chi connectivity index (χ4n) is 1.78. The Morgan fingerprint density at radius 2 is 2.06 bits per heavy atom. The molecule has 0 radical (unpaired) electrons. The maximum Gasteiger partial charge on any atom is 0.0701 e. The van der Waals surface area contributed by atoms with Gasteiger partial charge in [0.05, 0.1) is 3.79 Å². The zero-order valence-electron chi connectivity index (χ0n) is 9.41. The summed E-state index contributed by atoms with van der Waals surface area (Å²) in [6.07, 6.45) is 0.987. The molecule has 1 nitrogen and oxygen atoms in total. The van der Waals surface area contributed by atoms with Crippen molar-refractivity contribution in [3.63, 3.8) is 0 Å². The molecule has 0 aliphatic rings. The molecule has 17 heavy (non-hydrogen) atoms. The largest absolute Gasteiger partial charge is 0.313 e. The lowest BCUT2D eigenvalue weighted by molar-refractivity contribution is 0.593. The maximum atomic E-state index is 3.60. The first kappa shape index (κ1) is 13.3. The summed E-state index contributed by atoms with van der Waals surface area (Å²) in [6.45, 7) is 0. The van der Waals surface area contributed by atoms with Gasteiger partial charge < -0.3 is 5.32 Å². The van der Waals surface area contributed by atoms with E-state index in [0.29, 0.717) is 6.04 Å². The highest BCUT2D eigenvalue weighted by Gasteiger charge is 2.13. The molecule has 1 atom stereocenters. The van der Waals surface area contributed by atoms with Crippen molar-refractivity contribution in [1.82, 2.24) is 5.32 Å². The Morgan fingerprint density at radius 3 is 2.65 bits per heavy atom. The van der Waals surface area contributed by atoms with Gasteiger partial charge in [-0.25, -0.2) is 0 Å².